The second-order valence-electron chi connectivity index (χ2n) is 10.0. The van der Waals surface area contributed by atoms with Crippen molar-refractivity contribution >= 4 is 32.8 Å². The molecule has 40 heavy (non-hydrogen) atoms. The Hall–Kier alpha value is -5.42. The van der Waals surface area contributed by atoms with Gasteiger partial charge in [-0.05, 0) is 66.7 Å². The third-order valence-corrected chi connectivity index (χ3v) is 7.68. The van der Waals surface area contributed by atoms with E-state index in [0.29, 0.717) is 0 Å². The van der Waals surface area contributed by atoms with E-state index in [1.165, 1.54) is 16.3 Å². The fourth-order valence-electron chi connectivity index (χ4n) is 5.78. The minimum absolute atomic E-state index is 0.841. The number of aromatic nitrogens is 4. The maximum Gasteiger partial charge on any atom is 0.140 e. The Labute approximate surface area is 230 Å². The lowest BCUT2D eigenvalue weighted by molar-refractivity contribution is 0.582. The van der Waals surface area contributed by atoms with Gasteiger partial charge in [-0.2, -0.15) is 0 Å². The minimum atomic E-state index is 0.841. The smallest absolute Gasteiger partial charge is 0.140 e. The van der Waals surface area contributed by atoms with E-state index in [1.54, 1.807) is 6.26 Å². The Morgan fingerprint density at radius 1 is 0.625 bits per heavy atom. The number of furan rings is 1. The molecule has 0 amide bonds. The molecule has 5 nitrogen and oxygen atoms in total. The van der Waals surface area contributed by atoms with Crippen LogP contribution < -0.4 is 0 Å². The Balaban J connectivity index is 1.33. The number of rotatable bonds is 4. The standard InChI is InChI=1S/C35H24N4O/c1-38-32-17-15-24(34-13-7-19-40-34)21-30(32)37-35(38)25-14-16-28-27-10-2-3-12-31(27)39(33(28)22-25)26-9-6-8-23(20-26)29-11-4-5-18-36-29/h2-22H,1H3. The van der Waals surface area contributed by atoms with Gasteiger partial charge in [-0.25, -0.2) is 4.98 Å². The first-order chi connectivity index (χ1) is 19.7. The Morgan fingerprint density at radius 3 is 2.38 bits per heavy atom. The third-order valence-electron chi connectivity index (χ3n) is 7.68. The molecule has 0 aliphatic heterocycles. The maximum atomic E-state index is 5.62. The highest BCUT2D eigenvalue weighted by atomic mass is 16.3. The van der Waals surface area contributed by atoms with Gasteiger partial charge in [-0.1, -0.05) is 48.5 Å². The van der Waals surface area contributed by atoms with Gasteiger partial charge in [0.1, 0.15) is 11.6 Å². The van der Waals surface area contributed by atoms with E-state index in [9.17, 15) is 0 Å². The predicted octanol–water partition coefficient (Wildman–Crippen LogP) is 8.66. The molecular formula is C35H24N4O. The molecule has 4 aromatic carbocycles. The van der Waals surface area contributed by atoms with Gasteiger partial charge >= 0.3 is 0 Å². The number of benzene rings is 4. The average molecular weight is 517 g/mol. The van der Waals surface area contributed by atoms with Crippen LogP contribution in [0.1, 0.15) is 0 Å². The Kier molecular flexibility index (Phi) is 4.97. The molecule has 0 spiro atoms. The largest absolute Gasteiger partial charge is 0.464 e. The van der Waals surface area contributed by atoms with Gasteiger partial charge in [-0.15, -0.1) is 0 Å². The van der Waals surface area contributed by atoms with E-state index in [4.69, 9.17) is 9.40 Å². The van der Waals surface area contributed by atoms with Crippen molar-refractivity contribution in [2.24, 2.45) is 7.05 Å². The molecular weight excluding hydrogens is 492 g/mol. The molecule has 190 valence electrons. The summed E-state index contributed by atoms with van der Waals surface area (Å²) in [6, 6.07) is 40.0. The molecule has 0 fully saturated rings. The van der Waals surface area contributed by atoms with Crippen LogP contribution in [0.4, 0.5) is 0 Å². The van der Waals surface area contributed by atoms with Crippen molar-refractivity contribution in [3.63, 3.8) is 0 Å². The van der Waals surface area contributed by atoms with Crippen molar-refractivity contribution < 1.29 is 4.42 Å². The van der Waals surface area contributed by atoms with E-state index < -0.39 is 0 Å². The maximum absolute atomic E-state index is 5.62. The van der Waals surface area contributed by atoms with Gasteiger partial charge in [0.15, 0.2) is 0 Å². The zero-order valence-corrected chi connectivity index (χ0v) is 21.8. The summed E-state index contributed by atoms with van der Waals surface area (Å²) in [6.45, 7) is 0. The van der Waals surface area contributed by atoms with E-state index in [2.05, 4.69) is 106 Å². The number of imidazole rings is 1. The summed E-state index contributed by atoms with van der Waals surface area (Å²) in [4.78, 5) is 9.65. The van der Waals surface area contributed by atoms with Crippen molar-refractivity contribution in [3.8, 4) is 39.7 Å². The van der Waals surface area contributed by atoms with E-state index >= 15 is 0 Å². The van der Waals surface area contributed by atoms with Gasteiger partial charge in [0.2, 0.25) is 0 Å². The first kappa shape index (κ1) is 22.6. The molecule has 0 bridgehead atoms. The lowest BCUT2D eigenvalue weighted by Gasteiger charge is -2.11. The number of nitrogens with zero attached hydrogens (tertiary/aromatic N) is 4. The van der Waals surface area contributed by atoms with Crippen molar-refractivity contribution in [1.82, 2.24) is 19.1 Å². The quantitative estimate of drug-likeness (QED) is 0.235. The summed E-state index contributed by atoms with van der Waals surface area (Å²) in [5.41, 5.74) is 9.55. The van der Waals surface area contributed by atoms with E-state index in [1.807, 2.05) is 36.5 Å². The molecule has 0 unspecified atom stereocenters. The van der Waals surface area contributed by atoms with Crippen molar-refractivity contribution in [1.29, 1.82) is 0 Å². The summed E-state index contributed by atoms with van der Waals surface area (Å²) in [7, 11) is 2.08. The second-order valence-corrected chi connectivity index (χ2v) is 10.0. The first-order valence-electron chi connectivity index (χ1n) is 13.3. The number of hydrogen-bond acceptors (Lipinski definition) is 3. The van der Waals surface area contributed by atoms with Crippen LogP contribution in [0, 0.1) is 0 Å². The highest BCUT2D eigenvalue weighted by molar-refractivity contribution is 6.10. The highest BCUT2D eigenvalue weighted by Crippen LogP contribution is 2.36. The van der Waals surface area contributed by atoms with E-state index in [0.717, 1.165) is 56.2 Å². The summed E-state index contributed by atoms with van der Waals surface area (Å²) in [5, 5.41) is 2.43. The summed E-state index contributed by atoms with van der Waals surface area (Å²) < 4.78 is 10.1. The van der Waals surface area contributed by atoms with Gasteiger partial charge in [-0.3, -0.25) is 4.98 Å². The zero-order valence-electron chi connectivity index (χ0n) is 21.8. The Morgan fingerprint density at radius 2 is 1.50 bits per heavy atom. The molecule has 0 N–H and O–H groups in total. The molecule has 0 atom stereocenters. The SMILES string of the molecule is Cn1c(-c2ccc3c4ccccc4n(-c4cccc(-c5ccccn5)c4)c3c2)nc2cc(-c3ccco3)ccc21. The fraction of sp³-hybridized carbons (Fsp3) is 0.0286. The molecule has 0 saturated heterocycles. The van der Waals surface area contributed by atoms with Crippen LogP contribution in [0.3, 0.4) is 0 Å². The number of hydrogen-bond donors (Lipinski definition) is 0. The fourth-order valence-corrected chi connectivity index (χ4v) is 5.78. The molecule has 4 heterocycles. The number of para-hydroxylation sites is 1. The van der Waals surface area contributed by atoms with Crippen LogP contribution in [0.5, 0.6) is 0 Å². The molecule has 8 rings (SSSR count). The van der Waals surface area contributed by atoms with Crippen molar-refractivity contribution in [2.45, 2.75) is 0 Å². The number of pyridine rings is 1. The van der Waals surface area contributed by atoms with Crippen molar-refractivity contribution in [3.05, 3.63) is 128 Å². The summed E-state index contributed by atoms with van der Waals surface area (Å²) >= 11 is 0. The van der Waals surface area contributed by atoms with Crippen LogP contribution in [-0.4, -0.2) is 19.1 Å². The van der Waals surface area contributed by atoms with Gasteiger partial charge in [0.05, 0.1) is 34.0 Å². The second kappa shape index (κ2) is 8.82. The predicted molar refractivity (Wildman–Crippen MR) is 161 cm³/mol. The molecule has 0 radical (unpaired) electrons. The highest BCUT2D eigenvalue weighted by Gasteiger charge is 2.17. The zero-order chi connectivity index (χ0) is 26.6. The first-order valence-corrected chi connectivity index (χ1v) is 13.3. The molecule has 0 aliphatic rings. The number of aryl methyl sites for hydroxylation is 1. The summed E-state index contributed by atoms with van der Waals surface area (Å²) in [6.07, 6.45) is 3.53. The minimum Gasteiger partial charge on any atom is -0.464 e. The summed E-state index contributed by atoms with van der Waals surface area (Å²) in [5.74, 6) is 1.76. The van der Waals surface area contributed by atoms with Crippen LogP contribution in [0.2, 0.25) is 0 Å². The van der Waals surface area contributed by atoms with Crippen LogP contribution in [0.15, 0.2) is 132 Å². The van der Waals surface area contributed by atoms with E-state index in [-0.39, 0.29) is 0 Å². The van der Waals surface area contributed by atoms with Crippen LogP contribution >= 0.6 is 0 Å². The molecule has 8 aromatic rings. The molecule has 4 aromatic heterocycles. The normalized spacial score (nSPS) is 11.6. The lowest BCUT2D eigenvalue weighted by atomic mass is 10.1. The molecule has 0 aliphatic carbocycles. The number of fused-ring (bicyclic) bond motifs is 4. The van der Waals surface area contributed by atoms with Crippen LogP contribution in [-0.2, 0) is 7.05 Å². The topological polar surface area (TPSA) is 48.8 Å². The van der Waals surface area contributed by atoms with Gasteiger partial charge in [0, 0.05) is 46.4 Å². The lowest BCUT2D eigenvalue weighted by Crippen LogP contribution is -1.96. The average Bonchev–Trinajstić information content (AvgIpc) is 3.74. The molecule has 0 saturated carbocycles. The Bertz CT molecular complexity index is 2170. The third kappa shape index (κ3) is 3.48. The van der Waals surface area contributed by atoms with Gasteiger partial charge in [0.25, 0.3) is 0 Å². The van der Waals surface area contributed by atoms with Gasteiger partial charge < -0.3 is 13.6 Å². The molecule has 5 heteroatoms. The monoisotopic (exact) mass is 516 g/mol. The van der Waals surface area contributed by atoms with Crippen molar-refractivity contribution in [2.75, 3.05) is 0 Å². The van der Waals surface area contributed by atoms with Crippen LogP contribution in [0.25, 0.3) is 72.5 Å².